The number of methoxy groups -OCH3 is 1. The summed E-state index contributed by atoms with van der Waals surface area (Å²) in [5, 5.41) is 27.5. The number of carbonyl (C=O) groups excluding carboxylic acids is 2. The highest BCUT2D eigenvalue weighted by molar-refractivity contribution is 7.99. The maximum absolute atomic E-state index is 14.0. The molecule has 4 aliphatic heterocycles. The monoisotopic (exact) mass is 1750 g/mol. The number of anilines is 2. The van der Waals surface area contributed by atoms with Crippen LogP contribution in [0.3, 0.4) is 0 Å². The van der Waals surface area contributed by atoms with Gasteiger partial charge in [0.25, 0.3) is 43.2 Å². The molecular weight excluding hydrogens is 1660 g/mol. The molecule has 2 saturated heterocycles. The van der Waals surface area contributed by atoms with Gasteiger partial charge >= 0.3 is 0 Å². The van der Waals surface area contributed by atoms with E-state index in [9.17, 15) is 46.7 Å². The van der Waals surface area contributed by atoms with Crippen molar-refractivity contribution in [1.82, 2.24) is 39.2 Å². The molecule has 0 radical (unpaired) electrons. The van der Waals surface area contributed by atoms with Crippen LogP contribution in [0.2, 0.25) is 10.0 Å². The number of hydrogen-bond donors (Lipinski definition) is 4. The number of thioether (sulfide) groups is 2. The van der Waals surface area contributed by atoms with Crippen LogP contribution in [0.4, 0.5) is 22.7 Å². The van der Waals surface area contributed by atoms with Crippen molar-refractivity contribution in [2.75, 3.05) is 100 Å². The number of H-pyrrole nitrogens is 2. The Balaban J connectivity index is 0.000000188. The largest absolute Gasteiger partial charge is 0.455 e. The summed E-state index contributed by atoms with van der Waals surface area (Å²) in [7, 11) is -7.47. The van der Waals surface area contributed by atoms with Crippen molar-refractivity contribution in [3.05, 3.63) is 233 Å². The molecule has 8 heterocycles. The normalized spacial score (nSPS) is 18.3. The molecular formula is C90H98Cl2N12O13S4. The molecule has 0 saturated carbocycles. The zero-order valence-corrected chi connectivity index (χ0v) is 73.2. The number of pyridine rings is 2. The van der Waals surface area contributed by atoms with Gasteiger partial charge in [-0.3, -0.25) is 39.6 Å². The van der Waals surface area contributed by atoms with Gasteiger partial charge in [0, 0.05) is 180 Å². The number of nitrogens with one attached hydrogen (secondary N) is 4. The van der Waals surface area contributed by atoms with Crippen LogP contribution in [0, 0.1) is 42.9 Å². The van der Waals surface area contributed by atoms with E-state index >= 15 is 0 Å². The highest BCUT2D eigenvalue weighted by atomic mass is 35.5. The summed E-state index contributed by atoms with van der Waals surface area (Å²) >= 11 is 15.3. The van der Waals surface area contributed by atoms with E-state index in [2.05, 4.69) is 108 Å². The molecule has 31 heteroatoms. The Labute approximate surface area is 723 Å². The van der Waals surface area contributed by atoms with E-state index in [1.807, 2.05) is 36.4 Å². The van der Waals surface area contributed by atoms with Gasteiger partial charge < -0.3 is 34.0 Å². The second kappa shape index (κ2) is 36.7. The number of hydrogen-bond acceptors (Lipinski definition) is 21. The van der Waals surface area contributed by atoms with Crippen molar-refractivity contribution in [3.8, 4) is 23.0 Å². The number of halogens is 2. The molecule has 0 spiro atoms. The second-order valence-corrected chi connectivity index (χ2v) is 40.0. The van der Waals surface area contributed by atoms with Gasteiger partial charge in [-0.05, 0) is 194 Å². The molecule has 6 aromatic carbocycles. The number of fused-ring (bicyclic) bond motifs is 4. The lowest BCUT2D eigenvalue weighted by Gasteiger charge is -2.39. The number of aromatic nitrogens is 4. The zero-order chi connectivity index (χ0) is 85.1. The van der Waals surface area contributed by atoms with Gasteiger partial charge in [0.1, 0.15) is 34.3 Å². The van der Waals surface area contributed by atoms with Gasteiger partial charge in [-0.15, -0.1) is 23.5 Å². The molecule has 2 atom stereocenters. The Hall–Kier alpha value is -9.82. The number of nitro benzene ring substituents is 2. The first-order valence-electron chi connectivity index (χ1n) is 40.9. The summed E-state index contributed by atoms with van der Waals surface area (Å²) in [4.78, 5) is 76.1. The summed E-state index contributed by atoms with van der Waals surface area (Å²) in [5.41, 5.74) is 12.1. The fourth-order valence-corrected chi connectivity index (χ4v) is 22.1. The first kappa shape index (κ1) is 86.1. The Morgan fingerprint density at radius 2 is 0.975 bits per heavy atom. The molecule has 6 aliphatic rings. The Kier molecular flexibility index (Phi) is 26.1. The first-order valence-corrected chi connectivity index (χ1v) is 46.6. The van der Waals surface area contributed by atoms with Crippen LogP contribution in [0.1, 0.15) is 135 Å². The topological polar surface area (TPSA) is 311 Å². The van der Waals surface area contributed by atoms with Crippen LogP contribution in [0.5, 0.6) is 23.0 Å². The van der Waals surface area contributed by atoms with Crippen molar-refractivity contribution < 1.29 is 50.5 Å². The summed E-state index contributed by atoms with van der Waals surface area (Å²) < 4.78 is 77.6. The number of ether oxygens (including phenoxy) is 3. The highest BCUT2D eigenvalue weighted by Crippen LogP contribution is 2.48. The van der Waals surface area contributed by atoms with E-state index in [1.54, 1.807) is 68.0 Å². The highest BCUT2D eigenvalue weighted by Gasteiger charge is 2.37. The van der Waals surface area contributed by atoms with Crippen molar-refractivity contribution in [3.63, 3.8) is 0 Å². The molecule has 25 nitrogen and oxygen atoms in total. The quantitative estimate of drug-likeness (QED) is 0.0305. The van der Waals surface area contributed by atoms with E-state index in [4.69, 9.17) is 37.4 Å². The van der Waals surface area contributed by atoms with Crippen molar-refractivity contribution in [2.45, 2.75) is 125 Å². The number of benzene rings is 6. The maximum Gasteiger partial charge on any atom is 0.275 e. The van der Waals surface area contributed by atoms with Gasteiger partial charge in [0.05, 0.1) is 43.2 Å². The number of sulfonamides is 2. The van der Waals surface area contributed by atoms with Crippen LogP contribution in [0.15, 0.2) is 189 Å². The molecule has 16 rings (SSSR count). The van der Waals surface area contributed by atoms with Crippen LogP contribution in [0.25, 0.3) is 33.2 Å². The fourth-order valence-electron chi connectivity index (χ4n) is 17.1. The number of carbonyl (C=O) groups is 2. The molecule has 634 valence electrons. The third-order valence-electron chi connectivity index (χ3n) is 23.8. The minimum Gasteiger partial charge on any atom is -0.455 e. The van der Waals surface area contributed by atoms with E-state index in [0.717, 1.165) is 173 Å². The zero-order valence-electron chi connectivity index (χ0n) is 68.4. The number of rotatable bonds is 25. The lowest BCUT2D eigenvalue weighted by atomic mass is 9.72. The van der Waals surface area contributed by atoms with Crippen molar-refractivity contribution >= 4 is 135 Å². The number of nitro groups is 2. The molecule has 2 aliphatic carbocycles. The Morgan fingerprint density at radius 3 is 1.37 bits per heavy atom. The molecule has 10 aromatic rings. The number of nitrogens with zero attached hydrogens (tertiary/aromatic N) is 8. The second-order valence-electron chi connectivity index (χ2n) is 33.7. The van der Waals surface area contributed by atoms with E-state index < -0.39 is 41.7 Å². The Morgan fingerprint density at radius 1 is 0.562 bits per heavy atom. The predicted molar refractivity (Wildman–Crippen MR) is 477 cm³/mol. The minimum absolute atomic E-state index is 0.0127. The van der Waals surface area contributed by atoms with Gasteiger partial charge in [0.15, 0.2) is 0 Å². The van der Waals surface area contributed by atoms with Gasteiger partial charge in [-0.1, -0.05) is 99.7 Å². The fraction of sp³-hybridized carbons (Fsp3) is 0.378. The lowest BCUT2D eigenvalue weighted by molar-refractivity contribution is -0.386. The first-order chi connectivity index (χ1) is 58.0. The van der Waals surface area contributed by atoms with Gasteiger partial charge in [-0.2, -0.15) is 0 Å². The third kappa shape index (κ3) is 20.4. The molecule has 0 unspecified atom stereocenters. The SMILES string of the molecule is CCC[C@@H]1CSc2cc(S(=O)(=O)NC(=O)c3ccc(N4CCN(CC5=C(c6ccc(Cl)cc6)CC(C)(C)CC5)CC4)cc3Oc3cnc4[nH]ccc4c3)cc([N+](=O)[O-])c2C1.COCC[C@@H]1CSc2cc(S(=O)(=O)NC(=O)c3ccc(N4CCN(CC5=C(c6ccc(Cl)cc6)CC(C)(C)CC5)CC4)cc3Oc3cnc4[nH]ccc4c3)cc([N+](=O)[O-])c2C1. The van der Waals surface area contributed by atoms with Crippen LogP contribution in [-0.2, 0) is 37.6 Å². The van der Waals surface area contributed by atoms with E-state index in [-0.39, 0.29) is 66.5 Å². The molecule has 0 bridgehead atoms. The van der Waals surface area contributed by atoms with Crippen molar-refractivity contribution in [1.29, 1.82) is 0 Å². The summed E-state index contributed by atoms with van der Waals surface area (Å²) in [6.07, 6.45) is 16.6. The molecule has 4 aromatic heterocycles. The van der Waals surface area contributed by atoms with Gasteiger partial charge in [-0.25, -0.2) is 36.2 Å². The smallest absolute Gasteiger partial charge is 0.275 e. The van der Waals surface area contributed by atoms with Crippen molar-refractivity contribution in [2.24, 2.45) is 22.7 Å². The van der Waals surface area contributed by atoms with Crippen LogP contribution < -0.4 is 28.7 Å². The predicted octanol–water partition coefficient (Wildman–Crippen LogP) is 19.0. The van der Waals surface area contributed by atoms with Gasteiger partial charge in [0.2, 0.25) is 0 Å². The number of aromatic amines is 2. The molecule has 2 fully saturated rings. The maximum atomic E-state index is 14.0. The summed E-state index contributed by atoms with van der Waals surface area (Å²) in [6, 6.07) is 38.8. The number of amides is 2. The summed E-state index contributed by atoms with van der Waals surface area (Å²) in [6.45, 7) is 20.0. The Bertz CT molecular complexity index is 5910. The molecule has 2 amide bonds. The van der Waals surface area contributed by atoms with Crippen LogP contribution >= 0.6 is 46.7 Å². The number of allylic oxidation sites excluding steroid dienone is 2. The summed E-state index contributed by atoms with van der Waals surface area (Å²) in [5.74, 6) is 0.978. The molecule has 4 N–H and O–H groups in total. The van der Waals surface area contributed by atoms with E-state index in [1.165, 1.54) is 81.5 Å². The standard InChI is InChI=1S/C45H49ClN6O7S2.C45H49ClN6O6S2/c1-45(2)13-10-32(39(25-45)30-4-6-33(46)7-5-30)27-50-15-17-51(18-16-50)34-8-9-37(41(22-34)59-35-21-31-11-14-47-43(31)48-26-35)44(53)49-61(56,57)36-23-40(52(54)55)38-20-29(12-19-58-3)28-60-42(38)24-36;1-4-5-29-20-38-40(52(54)55)23-36(24-42(38)59-28-29)60(56,57)49-44(53)37-11-10-34(22-41(37)58-35-21-31-13-15-47-43(31)48-26-35)51-18-16-50(17-19-51)27-32-12-14-45(2,3)25-39(32)30-6-8-33(46)9-7-30/h4-9,11,14,21-24,26,29H,10,12-13,15-20,25,27-28H2,1-3H3,(H,47,48)(H,49,53);6-11,13,15,21-24,26,29H,4-5,12,14,16-20,25,27-28H2,1-3H3,(H,47,48)(H,49,53)/t2*29-/m00/s1. The minimum atomic E-state index is -4.55. The average Bonchev–Trinajstić information content (AvgIpc) is 1.01. The molecule has 121 heavy (non-hydrogen) atoms. The van der Waals surface area contributed by atoms with E-state index in [0.29, 0.717) is 68.9 Å². The van der Waals surface area contributed by atoms with Crippen LogP contribution in [-0.4, -0.2) is 159 Å². The number of piperazine rings is 2. The third-order valence-corrected chi connectivity index (χ3v) is 29.6. The lowest BCUT2D eigenvalue weighted by Crippen LogP contribution is -2.47. The average molecular weight is 1760 g/mol.